The Kier molecular flexibility index (Phi) is 4.51. The summed E-state index contributed by atoms with van der Waals surface area (Å²) in [6.45, 7) is 3.79. The molecule has 1 atom stereocenters. The zero-order valence-corrected chi connectivity index (χ0v) is 7.41. The first-order chi connectivity index (χ1) is 5.43. The van der Waals surface area contributed by atoms with Crippen molar-refractivity contribution in [2.24, 2.45) is 11.7 Å². The monoisotopic (exact) mass is 173 g/mol. The van der Waals surface area contributed by atoms with Crippen LogP contribution in [0.1, 0.15) is 26.7 Å². The smallest absolute Gasteiger partial charge is 0.305 e. The van der Waals surface area contributed by atoms with E-state index in [2.05, 4.69) is 0 Å². The molecule has 0 amide bonds. The molecule has 0 fully saturated rings. The van der Waals surface area contributed by atoms with Crippen molar-refractivity contribution in [1.82, 2.24) is 0 Å². The fraction of sp³-hybridized carbons (Fsp3) is 0.750. The second-order valence-corrected chi connectivity index (χ2v) is 3.27. The lowest BCUT2D eigenvalue weighted by atomic mass is 10.0. The summed E-state index contributed by atoms with van der Waals surface area (Å²) in [4.78, 5) is 21.3. The molecule has 70 valence electrons. The summed E-state index contributed by atoms with van der Waals surface area (Å²) in [5, 5.41) is 8.33. The number of aliphatic carboxylic acids is 1. The van der Waals surface area contributed by atoms with Crippen molar-refractivity contribution >= 4 is 11.8 Å². The zero-order chi connectivity index (χ0) is 9.72. The van der Waals surface area contributed by atoms with Gasteiger partial charge in [0.2, 0.25) is 0 Å². The highest BCUT2D eigenvalue weighted by atomic mass is 16.4. The predicted molar refractivity (Wildman–Crippen MR) is 44.7 cm³/mol. The second kappa shape index (κ2) is 4.87. The van der Waals surface area contributed by atoms with Crippen LogP contribution in [0.3, 0.4) is 0 Å². The van der Waals surface area contributed by atoms with E-state index in [1.165, 1.54) is 0 Å². The van der Waals surface area contributed by atoms with E-state index in [4.69, 9.17) is 10.8 Å². The molecule has 0 aliphatic carbocycles. The molecule has 3 N–H and O–H groups in total. The zero-order valence-electron chi connectivity index (χ0n) is 7.41. The minimum absolute atomic E-state index is 0.174. The van der Waals surface area contributed by atoms with Crippen LogP contribution in [-0.2, 0) is 9.59 Å². The standard InChI is InChI=1S/C8H15NO3/c1-5(2)3-7(10)6(9)4-8(11)12/h5-6H,3-4,9H2,1-2H3,(H,11,12). The highest BCUT2D eigenvalue weighted by Gasteiger charge is 2.17. The van der Waals surface area contributed by atoms with Crippen LogP contribution in [0.2, 0.25) is 0 Å². The van der Waals surface area contributed by atoms with Gasteiger partial charge in [0, 0.05) is 6.42 Å². The third-order valence-electron chi connectivity index (χ3n) is 1.42. The molecule has 4 nitrogen and oxygen atoms in total. The molecule has 0 aromatic rings. The predicted octanol–water partition coefficient (Wildman–Crippen LogP) is 0.404. The Morgan fingerprint density at radius 2 is 1.83 bits per heavy atom. The van der Waals surface area contributed by atoms with Gasteiger partial charge in [0.25, 0.3) is 0 Å². The molecule has 0 spiro atoms. The quantitative estimate of drug-likeness (QED) is 0.630. The Balaban J connectivity index is 3.85. The SMILES string of the molecule is CC(C)CC(=O)C(N)CC(=O)O. The van der Waals surface area contributed by atoms with Gasteiger partial charge in [-0.25, -0.2) is 0 Å². The first kappa shape index (κ1) is 11.1. The van der Waals surface area contributed by atoms with E-state index in [9.17, 15) is 9.59 Å². The molecule has 0 aromatic carbocycles. The van der Waals surface area contributed by atoms with Crippen LogP contribution in [0.5, 0.6) is 0 Å². The van der Waals surface area contributed by atoms with Gasteiger partial charge in [-0.15, -0.1) is 0 Å². The third kappa shape index (κ3) is 4.85. The van der Waals surface area contributed by atoms with Crippen molar-refractivity contribution in [1.29, 1.82) is 0 Å². The summed E-state index contributed by atoms with van der Waals surface area (Å²) < 4.78 is 0. The minimum Gasteiger partial charge on any atom is -0.481 e. The highest BCUT2D eigenvalue weighted by Crippen LogP contribution is 2.03. The molecule has 0 heterocycles. The van der Waals surface area contributed by atoms with E-state index in [-0.39, 0.29) is 18.1 Å². The van der Waals surface area contributed by atoms with E-state index < -0.39 is 12.0 Å². The van der Waals surface area contributed by atoms with E-state index in [0.29, 0.717) is 6.42 Å². The fourth-order valence-electron chi connectivity index (χ4n) is 0.856. The lowest BCUT2D eigenvalue weighted by molar-refractivity contribution is -0.139. The van der Waals surface area contributed by atoms with Crippen molar-refractivity contribution in [3.8, 4) is 0 Å². The molecule has 0 bridgehead atoms. The first-order valence-corrected chi connectivity index (χ1v) is 3.93. The lowest BCUT2D eigenvalue weighted by Gasteiger charge is -2.08. The summed E-state index contributed by atoms with van der Waals surface area (Å²) in [6.07, 6.45) is 0.0833. The fourth-order valence-corrected chi connectivity index (χ4v) is 0.856. The Morgan fingerprint density at radius 3 is 2.17 bits per heavy atom. The highest BCUT2D eigenvalue weighted by molar-refractivity contribution is 5.87. The maximum Gasteiger partial charge on any atom is 0.305 e. The van der Waals surface area contributed by atoms with Crippen LogP contribution < -0.4 is 5.73 Å². The molecule has 0 rings (SSSR count). The van der Waals surface area contributed by atoms with Gasteiger partial charge in [-0.3, -0.25) is 9.59 Å². The number of carbonyl (C=O) groups excluding carboxylic acids is 1. The second-order valence-electron chi connectivity index (χ2n) is 3.27. The van der Waals surface area contributed by atoms with Crippen molar-refractivity contribution in [2.75, 3.05) is 0 Å². The molecule has 1 unspecified atom stereocenters. The topological polar surface area (TPSA) is 80.4 Å². The van der Waals surface area contributed by atoms with Gasteiger partial charge in [-0.2, -0.15) is 0 Å². The molecule has 0 saturated carbocycles. The van der Waals surface area contributed by atoms with E-state index >= 15 is 0 Å². The lowest BCUT2D eigenvalue weighted by Crippen LogP contribution is -2.33. The molecule has 0 saturated heterocycles. The number of rotatable bonds is 5. The number of hydrogen-bond acceptors (Lipinski definition) is 3. The molecule has 0 radical (unpaired) electrons. The van der Waals surface area contributed by atoms with Gasteiger partial charge in [0.05, 0.1) is 12.5 Å². The Morgan fingerprint density at radius 1 is 1.33 bits per heavy atom. The van der Waals surface area contributed by atoms with Crippen LogP contribution in [0, 0.1) is 5.92 Å². The van der Waals surface area contributed by atoms with Crippen LogP contribution >= 0.6 is 0 Å². The minimum atomic E-state index is -1.03. The summed E-state index contributed by atoms with van der Waals surface area (Å²) >= 11 is 0. The largest absolute Gasteiger partial charge is 0.481 e. The van der Waals surface area contributed by atoms with Gasteiger partial charge >= 0.3 is 5.97 Å². The maximum absolute atomic E-state index is 11.1. The van der Waals surface area contributed by atoms with Gasteiger partial charge in [-0.1, -0.05) is 13.8 Å². The molecule has 12 heavy (non-hydrogen) atoms. The molecule has 0 aliphatic rings. The maximum atomic E-state index is 11.1. The van der Waals surface area contributed by atoms with E-state index in [1.54, 1.807) is 0 Å². The molecular weight excluding hydrogens is 158 g/mol. The Bertz CT molecular complexity index is 177. The van der Waals surface area contributed by atoms with Gasteiger partial charge < -0.3 is 10.8 Å². The van der Waals surface area contributed by atoms with Crippen molar-refractivity contribution in [3.63, 3.8) is 0 Å². The van der Waals surface area contributed by atoms with Crippen molar-refractivity contribution < 1.29 is 14.7 Å². The number of carbonyl (C=O) groups is 2. The average molecular weight is 173 g/mol. The number of nitrogens with two attached hydrogens (primary N) is 1. The van der Waals surface area contributed by atoms with Gasteiger partial charge in [0.15, 0.2) is 0 Å². The average Bonchev–Trinajstić information content (AvgIpc) is 1.84. The number of ketones is 1. The third-order valence-corrected chi connectivity index (χ3v) is 1.42. The first-order valence-electron chi connectivity index (χ1n) is 3.93. The normalized spacial score (nSPS) is 13.0. The molecule has 0 aliphatic heterocycles. The number of carboxylic acids is 1. The van der Waals surface area contributed by atoms with Crippen molar-refractivity contribution in [3.05, 3.63) is 0 Å². The van der Waals surface area contributed by atoms with Crippen LogP contribution in [0.4, 0.5) is 0 Å². The summed E-state index contributed by atoms with van der Waals surface area (Å²) in [7, 11) is 0. The number of Topliss-reactive ketones (excluding diaryl/α,β-unsaturated/α-hetero) is 1. The number of carboxylic acid groups (broad SMARTS) is 1. The van der Waals surface area contributed by atoms with E-state index in [0.717, 1.165) is 0 Å². The van der Waals surface area contributed by atoms with Crippen LogP contribution in [0.15, 0.2) is 0 Å². The van der Waals surface area contributed by atoms with Gasteiger partial charge in [-0.05, 0) is 5.92 Å². The molecule has 4 heteroatoms. The summed E-state index contributed by atoms with van der Waals surface area (Å²) in [5.41, 5.74) is 5.34. The Hall–Kier alpha value is -0.900. The van der Waals surface area contributed by atoms with Crippen LogP contribution in [0.25, 0.3) is 0 Å². The van der Waals surface area contributed by atoms with Gasteiger partial charge in [0.1, 0.15) is 5.78 Å². The van der Waals surface area contributed by atoms with Crippen LogP contribution in [-0.4, -0.2) is 22.9 Å². The van der Waals surface area contributed by atoms with E-state index in [1.807, 2.05) is 13.8 Å². The summed E-state index contributed by atoms with van der Waals surface area (Å²) in [5.74, 6) is -0.968. The molecular formula is C8H15NO3. The summed E-state index contributed by atoms with van der Waals surface area (Å²) in [6, 6.07) is -0.843. The molecule has 0 aromatic heterocycles. The number of hydrogen-bond donors (Lipinski definition) is 2. The van der Waals surface area contributed by atoms with Crippen molar-refractivity contribution in [2.45, 2.75) is 32.7 Å². The Labute approximate surface area is 71.8 Å².